The van der Waals surface area contributed by atoms with Crippen LogP contribution >= 0.6 is 0 Å². The summed E-state index contributed by atoms with van der Waals surface area (Å²) >= 11 is 0. The molecule has 0 heterocycles. The van der Waals surface area contributed by atoms with Gasteiger partial charge in [0.1, 0.15) is 18.0 Å². The van der Waals surface area contributed by atoms with E-state index in [2.05, 4.69) is 24.3 Å². The van der Waals surface area contributed by atoms with E-state index >= 15 is 0 Å². The van der Waals surface area contributed by atoms with Gasteiger partial charge >= 0.3 is 0 Å². The van der Waals surface area contributed by atoms with Crippen LogP contribution in [0.3, 0.4) is 0 Å². The van der Waals surface area contributed by atoms with Crippen molar-refractivity contribution in [1.29, 1.82) is 0 Å². The molecule has 0 radical (unpaired) electrons. The summed E-state index contributed by atoms with van der Waals surface area (Å²) in [5.41, 5.74) is 2.16. The van der Waals surface area contributed by atoms with E-state index < -0.39 is 6.10 Å². The Morgan fingerprint density at radius 1 is 0.857 bits per heavy atom. The maximum atomic E-state index is 10.4. The van der Waals surface area contributed by atoms with Gasteiger partial charge in [-0.1, -0.05) is 60.7 Å². The van der Waals surface area contributed by atoms with Crippen molar-refractivity contribution in [2.24, 2.45) is 0 Å². The van der Waals surface area contributed by atoms with Gasteiger partial charge in [0.25, 0.3) is 0 Å². The number of ether oxygens (including phenoxy) is 1. The van der Waals surface area contributed by atoms with E-state index in [-0.39, 0.29) is 6.10 Å². The van der Waals surface area contributed by atoms with Gasteiger partial charge in [-0.3, -0.25) is 0 Å². The SMILES string of the molecule is OC1c2ccccc2CC1Oc1cccc2ccccc12. The van der Waals surface area contributed by atoms with Crippen LogP contribution in [-0.2, 0) is 6.42 Å². The Labute approximate surface area is 123 Å². The molecule has 2 heteroatoms. The number of fused-ring (bicyclic) bond motifs is 2. The Kier molecular flexibility index (Phi) is 2.90. The lowest BCUT2D eigenvalue weighted by Crippen LogP contribution is -2.21. The van der Waals surface area contributed by atoms with Crippen LogP contribution in [-0.4, -0.2) is 11.2 Å². The average molecular weight is 276 g/mol. The van der Waals surface area contributed by atoms with Crippen molar-refractivity contribution in [3.8, 4) is 5.75 Å². The van der Waals surface area contributed by atoms with Crippen LogP contribution < -0.4 is 4.74 Å². The molecule has 1 N–H and O–H groups in total. The van der Waals surface area contributed by atoms with E-state index in [0.717, 1.165) is 28.5 Å². The van der Waals surface area contributed by atoms with Gasteiger partial charge in [-0.2, -0.15) is 0 Å². The Balaban J connectivity index is 1.68. The molecular formula is C19H16O2. The zero-order valence-electron chi connectivity index (χ0n) is 11.6. The lowest BCUT2D eigenvalue weighted by molar-refractivity contribution is 0.0503. The van der Waals surface area contributed by atoms with Crippen LogP contribution in [0.4, 0.5) is 0 Å². The van der Waals surface area contributed by atoms with Crippen LogP contribution in [0.15, 0.2) is 66.7 Å². The van der Waals surface area contributed by atoms with Gasteiger partial charge in [0, 0.05) is 11.8 Å². The number of hydrogen-bond donors (Lipinski definition) is 1. The first-order valence-corrected chi connectivity index (χ1v) is 7.23. The molecule has 104 valence electrons. The standard InChI is InChI=1S/C19H16O2/c20-19-16-10-4-2-7-14(16)12-18(19)21-17-11-5-8-13-6-1-3-9-15(13)17/h1-11,18-20H,12H2. The number of aliphatic hydroxyl groups is 1. The second-order valence-electron chi connectivity index (χ2n) is 5.48. The van der Waals surface area contributed by atoms with E-state index in [1.807, 2.05) is 42.5 Å². The number of aliphatic hydroxyl groups excluding tert-OH is 1. The van der Waals surface area contributed by atoms with E-state index in [9.17, 15) is 5.11 Å². The molecular weight excluding hydrogens is 260 g/mol. The van der Waals surface area contributed by atoms with Gasteiger partial charge in [0.2, 0.25) is 0 Å². The molecule has 1 aliphatic carbocycles. The highest BCUT2D eigenvalue weighted by Crippen LogP contribution is 2.35. The summed E-state index contributed by atoms with van der Waals surface area (Å²) in [5.74, 6) is 0.838. The molecule has 0 bridgehead atoms. The van der Waals surface area contributed by atoms with Crippen LogP contribution in [0, 0.1) is 0 Å². The summed E-state index contributed by atoms with van der Waals surface area (Å²) < 4.78 is 6.13. The van der Waals surface area contributed by atoms with Crippen molar-refractivity contribution in [1.82, 2.24) is 0 Å². The van der Waals surface area contributed by atoms with Crippen molar-refractivity contribution in [3.63, 3.8) is 0 Å². The summed E-state index contributed by atoms with van der Waals surface area (Å²) in [6, 6.07) is 22.2. The zero-order valence-corrected chi connectivity index (χ0v) is 11.6. The van der Waals surface area contributed by atoms with Crippen molar-refractivity contribution < 1.29 is 9.84 Å². The normalized spacial score (nSPS) is 20.4. The number of rotatable bonds is 2. The van der Waals surface area contributed by atoms with E-state index in [4.69, 9.17) is 4.74 Å². The quantitative estimate of drug-likeness (QED) is 0.769. The largest absolute Gasteiger partial charge is 0.486 e. The monoisotopic (exact) mass is 276 g/mol. The minimum absolute atomic E-state index is 0.215. The second-order valence-corrected chi connectivity index (χ2v) is 5.48. The maximum Gasteiger partial charge on any atom is 0.133 e. The predicted molar refractivity (Wildman–Crippen MR) is 83.5 cm³/mol. The predicted octanol–water partition coefficient (Wildman–Crippen LogP) is 3.88. The zero-order chi connectivity index (χ0) is 14.2. The highest BCUT2D eigenvalue weighted by molar-refractivity contribution is 5.88. The molecule has 2 atom stereocenters. The third kappa shape index (κ3) is 2.08. The second kappa shape index (κ2) is 4.90. The topological polar surface area (TPSA) is 29.5 Å². The van der Waals surface area contributed by atoms with Gasteiger partial charge in [-0.25, -0.2) is 0 Å². The smallest absolute Gasteiger partial charge is 0.133 e. The molecule has 3 aromatic rings. The summed E-state index contributed by atoms with van der Waals surface area (Å²) in [5, 5.41) is 12.7. The third-order valence-corrected chi connectivity index (χ3v) is 4.17. The van der Waals surface area contributed by atoms with Crippen molar-refractivity contribution >= 4 is 10.8 Å². The first-order chi connectivity index (χ1) is 10.3. The van der Waals surface area contributed by atoms with Crippen LogP contribution in [0.2, 0.25) is 0 Å². The fraction of sp³-hybridized carbons (Fsp3) is 0.158. The molecule has 0 saturated heterocycles. The van der Waals surface area contributed by atoms with Gasteiger partial charge in [-0.15, -0.1) is 0 Å². The molecule has 0 aromatic heterocycles. The molecule has 0 amide bonds. The lowest BCUT2D eigenvalue weighted by atomic mass is 10.1. The van der Waals surface area contributed by atoms with Crippen LogP contribution in [0.1, 0.15) is 17.2 Å². The Hall–Kier alpha value is -2.32. The molecule has 2 unspecified atom stereocenters. The average Bonchev–Trinajstić information content (AvgIpc) is 2.85. The third-order valence-electron chi connectivity index (χ3n) is 4.17. The van der Waals surface area contributed by atoms with Crippen LogP contribution in [0.5, 0.6) is 5.75 Å². The first-order valence-electron chi connectivity index (χ1n) is 7.23. The molecule has 3 aromatic carbocycles. The minimum Gasteiger partial charge on any atom is -0.486 e. The minimum atomic E-state index is -0.555. The fourth-order valence-electron chi connectivity index (χ4n) is 3.10. The number of benzene rings is 3. The fourth-order valence-corrected chi connectivity index (χ4v) is 3.10. The summed E-state index contributed by atoms with van der Waals surface area (Å²) in [7, 11) is 0. The Morgan fingerprint density at radius 3 is 2.52 bits per heavy atom. The molecule has 0 spiro atoms. The molecule has 0 fully saturated rings. The van der Waals surface area contributed by atoms with Crippen LogP contribution in [0.25, 0.3) is 10.8 Å². The molecule has 0 saturated carbocycles. The molecule has 4 rings (SSSR count). The summed E-state index contributed by atoms with van der Waals surface area (Å²) in [4.78, 5) is 0. The lowest BCUT2D eigenvalue weighted by Gasteiger charge is -2.19. The molecule has 0 aliphatic heterocycles. The van der Waals surface area contributed by atoms with Gasteiger partial charge in [0.15, 0.2) is 0 Å². The van der Waals surface area contributed by atoms with Gasteiger partial charge in [-0.05, 0) is 22.6 Å². The Bertz CT molecular complexity index is 789. The van der Waals surface area contributed by atoms with Gasteiger partial charge < -0.3 is 9.84 Å². The molecule has 21 heavy (non-hydrogen) atoms. The van der Waals surface area contributed by atoms with E-state index in [0.29, 0.717) is 0 Å². The highest BCUT2D eigenvalue weighted by atomic mass is 16.5. The van der Waals surface area contributed by atoms with Gasteiger partial charge in [0.05, 0.1) is 0 Å². The molecule has 1 aliphatic rings. The number of hydrogen-bond acceptors (Lipinski definition) is 2. The maximum absolute atomic E-state index is 10.4. The summed E-state index contributed by atoms with van der Waals surface area (Å²) in [6.07, 6.45) is -0.0195. The highest BCUT2D eigenvalue weighted by Gasteiger charge is 2.32. The van der Waals surface area contributed by atoms with Crippen molar-refractivity contribution in [2.45, 2.75) is 18.6 Å². The van der Waals surface area contributed by atoms with E-state index in [1.54, 1.807) is 0 Å². The van der Waals surface area contributed by atoms with Crippen molar-refractivity contribution in [2.75, 3.05) is 0 Å². The van der Waals surface area contributed by atoms with E-state index in [1.165, 1.54) is 5.56 Å². The summed E-state index contributed by atoms with van der Waals surface area (Å²) in [6.45, 7) is 0. The molecule has 2 nitrogen and oxygen atoms in total. The Morgan fingerprint density at radius 2 is 1.62 bits per heavy atom. The first kappa shape index (κ1) is 12.4. The van der Waals surface area contributed by atoms with Crippen molar-refractivity contribution in [3.05, 3.63) is 77.9 Å².